The second-order valence-corrected chi connectivity index (χ2v) is 4.57. The summed E-state index contributed by atoms with van der Waals surface area (Å²) < 4.78 is 4.50. The van der Waals surface area contributed by atoms with Crippen LogP contribution in [0.4, 0.5) is 11.5 Å². The van der Waals surface area contributed by atoms with Crippen molar-refractivity contribution in [1.29, 1.82) is 0 Å². The summed E-state index contributed by atoms with van der Waals surface area (Å²) in [5.74, 6) is 0.0626. The summed E-state index contributed by atoms with van der Waals surface area (Å²) in [6, 6.07) is 3.80. The van der Waals surface area contributed by atoms with Crippen LogP contribution in [-0.4, -0.2) is 24.0 Å². The van der Waals surface area contributed by atoms with Crippen LogP contribution in [0.2, 0.25) is 0 Å². The number of aromatic nitrogens is 1. The van der Waals surface area contributed by atoms with E-state index >= 15 is 0 Å². The van der Waals surface area contributed by atoms with Gasteiger partial charge >= 0.3 is 5.97 Å². The van der Waals surface area contributed by atoms with E-state index in [0.29, 0.717) is 17.4 Å². The minimum Gasteiger partial charge on any atom is -0.466 e. The average Bonchev–Trinajstić information content (AvgIpc) is 3.23. The van der Waals surface area contributed by atoms with Crippen molar-refractivity contribution in [3.63, 3.8) is 0 Å². The number of hydrogen-bond acceptors (Lipinski definition) is 5. The Bertz CT molecular complexity index is 591. The van der Waals surface area contributed by atoms with Crippen LogP contribution >= 0.6 is 0 Å². The molecule has 1 saturated carbocycles. The van der Waals surface area contributed by atoms with Crippen molar-refractivity contribution in [3.05, 3.63) is 29.6 Å². The van der Waals surface area contributed by atoms with E-state index in [4.69, 9.17) is 0 Å². The molecule has 19 heavy (non-hydrogen) atoms. The Hall–Kier alpha value is -2.37. The smallest absolute Gasteiger partial charge is 0.332 e. The van der Waals surface area contributed by atoms with E-state index in [2.05, 4.69) is 20.4 Å². The molecule has 0 saturated heterocycles. The van der Waals surface area contributed by atoms with Gasteiger partial charge in [-0.05, 0) is 25.0 Å². The largest absolute Gasteiger partial charge is 0.466 e. The lowest BCUT2D eigenvalue weighted by molar-refractivity contribution is -0.135. The van der Waals surface area contributed by atoms with Gasteiger partial charge in [0, 0.05) is 11.6 Å². The van der Waals surface area contributed by atoms with Crippen LogP contribution in [0.15, 0.2) is 23.9 Å². The topological polar surface area (TPSA) is 80.3 Å². The number of esters is 1. The van der Waals surface area contributed by atoms with E-state index in [9.17, 15) is 9.59 Å². The molecular formula is C13H13N3O3. The number of nitrogens with one attached hydrogen (secondary N) is 2. The first-order chi connectivity index (χ1) is 9.17. The normalized spacial score (nSPS) is 19.4. The highest BCUT2D eigenvalue weighted by Gasteiger charge is 2.28. The second kappa shape index (κ2) is 4.38. The zero-order valence-corrected chi connectivity index (χ0v) is 10.4. The SMILES string of the molecule is COC(=O)/C=C1\Nc2ccc(C3CC3)nc2NC1=O. The number of amides is 1. The summed E-state index contributed by atoms with van der Waals surface area (Å²) in [6.45, 7) is 0. The summed E-state index contributed by atoms with van der Waals surface area (Å²) in [4.78, 5) is 27.4. The van der Waals surface area contributed by atoms with Gasteiger partial charge in [0.05, 0.1) is 18.9 Å². The molecule has 1 aliphatic carbocycles. The molecule has 1 amide bonds. The fourth-order valence-corrected chi connectivity index (χ4v) is 1.93. The van der Waals surface area contributed by atoms with Crippen LogP contribution in [0.5, 0.6) is 0 Å². The van der Waals surface area contributed by atoms with Crippen LogP contribution < -0.4 is 10.6 Å². The van der Waals surface area contributed by atoms with E-state index < -0.39 is 11.9 Å². The van der Waals surface area contributed by atoms with Crippen molar-refractivity contribution in [1.82, 2.24) is 4.98 Å². The number of fused-ring (bicyclic) bond motifs is 1. The number of methoxy groups -OCH3 is 1. The maximum absolute atomic E-state index is 11.8. The first-order valence-corrected chi connectivity index (χ1v) is 6.06. The Balaban J connectivity index is 1.89. The Morgan fingerprint density at radius 2 is 2.21 bits per heavy atom. The molecule has 1 aromatic rings. The maximum Gasteiger partial charge on any atom is 0.332 e. The first kappa shape index (κ1) is 11.7. The zero-order chi connectivity index (χ0) is 13.4. The molecule has 0 bridgehead atoms. The summed E-state index contributed by atoms with van der Waals surface area (Å²) >= 11 is 0. The summed E-state index contributed by atoms with van der Waals surface area (Å²) in [5.41, 5.74) is 1.83. The zero-order valence-electron chi connectivity index (χ0n) is 10.4. The van der Waals surface area contributed by atoms with Gasteiger partial charge < -0.3 is 15.4 Å². The van der Waals surface area contributed by atoms with Gasteiger partial charge in [-0.3, -0.25) is 4.79 Å². The van der Waals surface area contributed by atoms with Gasteiger partial charge in [-0.25, -0.2) is 9.78 Å². The lowest BCUT2D eigenvalue weighted by Crippen LogP contribution is -2.27. The third kappa shape index (κ3) is 2.29. The molecule has 98 valence electrons. The molecule has 0 atom stereocenters. The van der Waals surface area contributed by atoms with Crippen LogP contribution in [0, 0.1) is 0 Å². The Labute approximate surface area is 109 Å². The molecule has 1 aliphatic heterocycles. The van der Waals surface area contributed by atoms with Crippen LogP contribution in [0.1, 0.15) is 24.5 Å². The van der Waals surface area contributed by atoms with Crippen molar-refractivity contribution < 1.29 is 14.3 Å². The summed E-state index contributed by atoms with van der Waals surface area (Å²) in [6.07, 6.45) is 3.42. The lowest BCUT2D eigenvalue weighted by atomic mass is 10.2. The number of pyridine rings is 1. The Morgan fingerprint density at radius 1 is 1.42 bits per heavy atom. The summed E-state index contributed by atoms with van der Waals surface area (Å²) in [7, 11) is 1.26. The molecule has 0 unspecified atom stereocenters. The fourth-order valence-electron chi connectivity index (χ4n) is 1.93. The molecule has 3 rings (SSSR count). The molecule has 2 heterocycles. The van der Waals surface area contributed by atoms with Crippen molar-refractivity contribution in [2.24, 2.45) is 0 Å². The maximum atomic E-state index is 11.8. The third-order valence-electron chi connectivity index (χ3n) is 3.12. The Morgan fingerprint density at radius 3 is 2.89 bits per heavy atom. The van der Waals surface area contributed by atoms with Gasteiger partial charge in [-0.2, -0.15) is 0 Å². The molecule has 2 aliphatic rings. The van der Waals surface area contributed by atoms with E-state index in [-0.39, 0.29) is 5.70 Å². The number of carbonyl (C=O) groups is 2. The van der Waals surface area contributed by atoms with Gasteiger partial charge in [0.2, 0.25) is 0 Å². The predicted octanol–water partition coefficient (Wildman–Crippen LogP) is 1.38. The Kier molecular flexibility index (Phi) is 2.70. The highest BCUT2D eigenvalue weighted by molar-refractivity contribution is 6.12. The third-order valence-corrected chi connectivity index (χ3v) is 3.12. The standard InChI is InChI=1S/C13H13N3O3/c1-19-11(17)6-10-13(18)16-12-9(14-10)5-4-8(15-12)7-2-3-7/h4-7,14H,2-3H2,1H3,(H,15,16,18)/b10-6-. The van der Waals surface area contributed by atoms with Gasteiger partial charge in [-0.15, -0.1) is 0 Å². The van der Waals surface area contributed by atoms with Gasteiger partial charge in [0.1, 0.15) is 5.70 Å². The van der Waals surface area contributed by atoms with Crippen molar-refractivity contribution >= 4 is 23.4 Å². The van der Waals surface area contributed by atoms with E-state index in [1.807, 2.05) is 12.1 Å². The number of ether oxygens (including phenoxy) is 1. The molecule has 1 aromatic heterocycles. The molecule has 6 nitrogen and oxygen atoms in total. The quantitative estimate of drug-likeness (QED) is 0.619. The van der Waals surface area contributed by atoms with Crippen LogP contribution in [0.25, 0.3) is 0 Å². The van der Waals surface area contributed by atoms with Crippen molar-refractivity contribution in [2.75, 3.05) is 17.7 Å². The van der Waals surface area contributed by atoms with Crippen molar-refractivity contribution in [3.8, 4) is 0 Å². The van der Waals surface area contributed by atoms with E-state index in [0.717, 1.165) is 24.6 Å². The number of anilines is 2. The molecule has 0 spiro atoms. The van der Waals surface area contributed by atoms with Gasteiger partial charge in [0.25, 0.3) is 5.91 Å². The van der Waals surface area contributed by atoms with Crippen LogP contribution in [0.3, 0.4) is 0 Å². The molecule has 6 heteroatoms. The minimum absolute atomic E-state index is 0.153. The lowest BCUT2D eigenvalue weighted by Gasteiger charge is -2.20. The number of hydrogen-bond donors (Lipinski definition) is 2. The van der Waals surface area contributed by atoms with Gasteiger partial charge in [-0.1, -0.05) is 0 Å². The average molecular weight is 259 g/mol. The molecule has 0 radical (unpaired) electrons. The molecule has 2 N–H and O–H groups in total. The van der Waals surface area contributed by atoms with Crippen LogP contribution in [-0.2, 0) is 14.3 Å². The molecule has 0 aromatic carbocycles. The monoisotopic (exact) mass is 259 g/mol. The van der Waals surface area contributed by atoms with Crippen molar-refractivity contribution in [2.45, 2.75) is 18.8 Å². The minimum atomic E-state index is -0.580. The first-order valence-electron chi connectivity index (χ1n) is 6.06. The van der Waals surface area contributed by atoms with E-state index in [1.165, 1.54) is 7.11 Å². The number of carbonyl (C=O) groups excluding carboxylic acids is 2. The van der Waals surface area contributed by atoms with E-state index in [1.54, 1.807) is 0 Å². The van der Waals surface area contributed by atoms with Gasteiger partial charge in [0.15, 0.2) is 5.82 Å². The molecule has 1 fully saturated rings. The highest BCUT2D eigenvalue weighted by Crippen LogP contribution is 2.40. The number of nitrogens with zero attached hydrogens (tertiary/aromatic N) is 1. The number of rotatable bonds is 2. The molecular weight excluding hydrogens is 246 g/mol. The second-order valence-electron chi connectivity index (χ2n) is 4.57. The summed E-state index contributed by atoms with van der Waals surface area (Å²) in [5, 5.41) is 5.56. The highest BCUT2D eigenvalue weighted by atomic mass is 16.5. The predicted molar refractivity (Wildman–Crippen MR) is 68.6 cm³/mol. The fraction of sp³-hybridized carbons (Fsp3) is 0.308.